The van der Waals surface area contributed by atoms with E-state index >= 15 is 0 Å². The lowest BCUT2D eigenvalue weighted by atomic mass is 10.2. The van der Waals surface area contributed by atoms with E-state index in [0.29, 0.717) is 6.54 Å². The number of nitrogen functional groups attached to an aromatic ring is 1. The zero-order valence-corrected chi connectivity index (χ0v) is 8.87. The third-order valence-corrected chi connectivity index (χ3v) is 2.34. The molecule has 1 aromatic carbocycles. The maximum absolute atomic E-state index is 10.7. The smallest absolute Gasteiger partial charge is 0.360 e. The van der Waals surface area contributed by atoms with Gasteiger partial charge in [0.05, 0.1) is 6.54 Å². The van der Waals surface area contributed by atoms with Gasteiger partial charge < -0.3 is 15.9 Å². The maximum atomic E-state index is 10.7. The van der Waals surface area contributed by atoms with Gasteiger partial charge in [0.1, 0.15) is 0 Å². The first-order valence-corrected chi connectivity index (χ1v) is 4.92. The lowest BCUT2D eigenvalue weighted by Crippen LogP contribution is -2.06. The molecule has 6 heteroatoms. The van der Waals surface area contributed by atoms with Gasteiger partial charge in [0.25, 0.3) is 0 Å². The fourth-order valence-electron chi connectivity index (χ4n) is 1.49. The zero-order valence-electron chi connectivity index (χ0n) is 8.87. The van der Waals surface area contributed by atoms with Crippen LogP contribution in [0.5, 0.6) is 5.75 Å². The number of hydrogen-bond donors (Lipinski definition) is 3. The number of aromatic hydroxyl groups is 1. The Morgan fingerprint density at radius 2 is 2.00 bits per heavy atom. The molecule has 0 amide bonds. The molecule has 6 nitrogen and oxygen atoms in total. The van der Waals surface area contributed by atoms with E-state index in [0.717, 1.165) is 5.56 Å². The number of anilines is 1. The summed E-state index contributed by atoms with van der Waals surface area (Å²) in [6, 6.07) is 9.30. The van der Waals surface area contributed by atoms with Crippen LogP contribution in [0.15, 0.2) is 30.3 Å². The van der Waals surface area contributed by atoms with Gasteiger partial charge in [-0.2, -0.15) is 5.10 Å². The van der Waals surface area contributed by atoms with Crippen LogP contribution in [0.3, 0.4) is 0 Å². The Hall–Kier alpha value is -2.50. The van der Waals surface area contributed by atoms with Gasteiger partial charge in [-0.3, -0.25) is 0 Å². The molecular formula is C11H11N3O3. The van der Waals surface area contributed by atoms with E-state index in [-0.39, 0.29) is 5.82 Å². The highest BCUT2D eigenvalue weighted by Gasteiger charge is 2.20. The van der Waals surface area contributed by atoms with E-state index in [4.69, 9.17) is 10.8 Å². The maximum Gasteiger partial charge on any atom is 0.360 e. The number of aromatic nitrogens is 2. The second kappa shape index (κ2) is 4.17. The first kappa shape index (κ1) is 11.0. The molecule has 4 N–H and O–H groups in total. The van der Waals surface area contributed by atoms with Crippen molar-refractivity contribution in [3.8, 4) is 5.75 Å². The van der Waals surface area contributed by atoms with Crippen molar-refractivity contribution in [1.82, 2.24) is 9.78 Å². The SMILES string of the molecule is Nc1c(O)c(C(=O)O)nn1Cc1ccccc1. The average Bonchev–Trinajstić information content (AvgIpc) is 2.59. The molecule has 0 aliphatic rings. The van der Waals surface area contributed by atoms with Crippen molar-refractivity contribution >= 4 is 11.8 Å². The normalized spacial score (nSPS) is 10.4. The summed E-state index contributed by atoms with van der Waals surface area (Å²) in [5.74, 6) is -1.85. The number of carboxylic acid groups (broad SMARTS) is 1. The molecule has 88 valence electrons. The molecule has 0 bridgehead atoms. The number of benzene rings is 1. The molecule has 2 aromatic rings. The molecule has 0 saturated heterocycles. The molecule has 0 aliphatic carbocycles. The highest BCUT2D eigenvalue weighted by atomic mass is 16.4. The number of hydrogen-bond acceptors (Lipinski definition) is 4. The average molecular weight is 233 g/mol. The third-order valence-electron chi connectivity index (χ3n) is 2.34. The molecule has 0 spiro atoms. The summed E-state index contributed by atoms with van der Waals surface area (Å²) in [5.41, 5.74) is 6.06. The Morgan fingerprint density at radius 3 is 2.53 bits per heavy atom. The van der Waals surface area contributed by atoms with Crippen molar-refractivity contribution in [2.24, 2.45) is 0 Å². The standard InChI is InChI=1S/C11H11N3O3/c12-10-9(15)8(11(16)17)13-14(10)6-7-4-2-1-3-5-7/h1-5,15H,6,12H2,(H,16,17). The Balaban J connectivity index is 2.34. The van der Waals surface area contributed by atoms with Crippen LogP contribution in [0.25, 0.3) is 0 Å². The summed E-state index contributed by atoms with van der Waals surface area (Å²) in [6.07, 6.45) is 0. The number of carbonyl (C=O) groups is 1. The van der Waals surface area contributed by atoms with E-state index in [2.05, 4.69) is 5.10 Å². The van der Waals surface area contributed by atoms with Crippen LogP contribution >= 0.6 is 0 Å². The van der Waals surface area contributed by atoms with Crippen molar-refractivity contribution < 1.29 is 15.0 Å². The van der Waals surface area contributed by atoms with Gasteiger partial charge in [-0.25, -0.2) is 9.48 Å². The van der Waals surface area contributed by atoms with Crippen molar-refractivity contribution in [3.63, 3.8) is 0 Å². The third kappa shape index (κ3) is 2.05. The van der Waals surface area contributed by atoms with Crippen molar-refractivity contribution in [1.29, 1.82) is 0 Å². The van der Waals surface area contributed by atoms with Crippen LogP contribution in [0.4, 0.5) is 5.82 Å². The van der Waals surface area contributed by atoms with E-state index in [1.165, 1.54) is 4.68 Å². The summed E-state index contributed by atoms with van der Waals surface area (Å²) >= 11 is 0. The predicted molar refractivity (Wildman–Crippen MR) is 60.8 cm³/mol. The summed E-state index contributed by atoms with van der Waals surface area (Å²) in [6.45, 7) is 0.313. The Labute approximate surface area is 96.9 Å². The Morgan fingerprint density at radius 1 is 1.35 bits per heavy atom. The van der Waals surface area contributed by atoms with Crippen molar-refractivity contribution in [2.75, 3.05) is 5.73 Å². The van der Waals surface area contributed by atoms with Crippen LogP contribution in [-0.4, -0.2) is 26.0 Å². The minimum atomic E-state index is -1.30. The fraction of sp³-hybridized carbons (Fsp3) is 0.0909. The molecule has 0 unspecified atom stereocenters. The number of rotatable bonds is 3. The lowest BCUT2D eigenvalue weighted by molar-refractivity contribution is 0.0686. The summed E-state index contributed by atoms with van der Waals surface area (Å²) in [4.78, 5) is 10.7. The largest absolute Gasteiger partial charge is 0.503 e. The first-order chi connectivity index (χ1) is 8.09. The highest BCUT2D eigenvalue weighted by molar-refractivity contribution is 5.90. The number of nitrogens with zero attached hydrogens (tertiary/aromatic N) is 2. The van der Waals surface area contributed by atoms with Crippen LogP contribution in [0, 0.1) is 0 Å². The van der Waals surface area contributed by atoms with E-state index < -0.39 is 17.4 Å². The topological polar surface area (TPSA) is 101 Å². The highest BCUT2D eigenvalue weighted by Crippen LogP contribution is 2.24. The quantitative estimate of drug-likeness (QED) is 0.731. The lowest BCUT2D eigenvalue weighted by Gasteiger charge is -2.03. The number of carboxylic acids is 1. The van der Waals surface area contributed by atoms with Crippen molar-refractivity contribution in [2.45, 2.75) is 6.54 Å². The molecule has 2 rings (SSSR count). The van der Waals surface area contributed by atoms with E-state index in [1.54, 1.807) is 0 Å². The molecular weight excluding hydrogens is 222 g/mol. The number of aromatic carboxylic acids is 1. The van der Waals surface area contributed by atoms with Gasteiger partial charge >= 0.3 is 5.97 Å². The van der Waals surface area contributed by atoms with Gasteiger partial charge in [-0.15, -0.1) is 0 Å². The van der Waals surface area contributed by atoms with Crippen LogP contribution in [-0.2, 0) is 6.54 Å². The van der Waals surface area contributed by atoms with Gasteiger partial charge in [0.2, 0.25) is 5.69 Å². The minimum Gasteiger partial charge on any atom is -0.503 e. The Bertz CT molecular complexity index is 549. The Kier molecular flexibility index (Phi) is 2.70. The molecule has 0 aliphatic heterocycles. The molecule has 1 aromatic heterocycles. The van der Waals surface area contributed by atoms with Gasteiger partial charge in [-0.05, 0) is 5.56 Å². The number of nitrogens with two attached hydrogens (primary N) is 1. The minimum absolute atomic E-state index is 0.0498. The predicted octanol–water partition coefficient (Wildman–Crippen LogP) is 0.917. The van der Waals surface area contributed by atoms with Crippen LogP contribution < -0.4 is 5.73 Å². The second-order valence-corrected chi connectivity index (χ2v) is 3.53. The van der Waals surface area contributed by atoms with E-state index in [9.17, 15) is 9.90 Å². The molecule has 0 radical (unpaired) electrons. The first-order valence-electron chi connectivity index (χ1n) is 4.92. The van der Waals surface area contributed by atoms with Crippen LogP contribution in [0.1, 0.15) is 16.1 Å². The van der Waals surface area contributed by atoms with Crippen LogP contribution in [0.2, 0.25) is 0 Å². The summed E-state index contributed by atoms with van der Waals surface area (Å²) < 4.78 is 1.26. The molecule has 0 saturated carbocycles. The molecule has 0 fully saturated rings. The molecule has 1 heterocycles. The fourth-order valence-corrected chi connectivity index (χ4v) is 1.49. The van der Waals surface area contributed by atoms with Gasteiger partial charge in [0, 0.05) is 0 Å². The molecule has 0 atom stereocenters. The van der Waals surface area contributed by atoms with Crippen molar-refractivity contribution in [3.05, 3.63) is 41.6 Å². The summed E-state index contributed by atoms with van der Waals surface area (Å²) in [5, 5.41) is 22.0. The summed E-state index contributed by atoms with van der Waals surface area (Å²) in [7, 11) is 0. The van der Waals surface area contributed by atoms with Gasteiger partial charge in [-0.1, -0.05) is 30.3 Å². The molecule has 17 heavy (non-hydrogen) atoms. The second-order valence-electron chi connectivity index (χ2n) is 3.53. The zero-order chi connectivity index (χ0) is 12.4. The van der Waals surface area contributed by atoms with Gasteiger partial charge in [0.15, 0.2) is 11.6 Å². The van der Waals surface area contributed by atoms with E-state index in [1.807, 2.05) is 30.3 Å². The monoisotopic (exact) mass is 233 g/mol.